The van der Waals surface area contributed by atoms with Crippen LogP contribution in [0.25, 0.3) is 0 Å². The van der Waals surface area contributed by atoms with Gasteiger partial charge in [-0.1, -0.05) is 13.8 Å². The van der Waals surface area contributed by atoms with E-state index in [0.717, 1.165) is 0 Å². The summed E-state index contributed by atoms with van der Waals surface area (Å²) in [7, 11) is 0. The molecule has 1 saturated heterocycles. The van der Waals surface area contributed by atoms with Crippen LogP contribution in [0.15, 0.2) is 11.1 Å². The molecule has 1 fully saturated rings. The van der Waals surface area contributed by atoms with Crippen LogP contribution in [0, 0.1) is 5.41 Å². The zero-order valence-electron chi connectivity index (χ0n) is 14.0. The molecule has 1 aliphatic carbocycles. The second-order valence-corrected chi connectivity index (χ2v) is 7.11. The summed E-state index contributed by atoms with van der Waals surface area (Å²) in [5.74, 6) is -1.01. The fraction of sp³-hybridized carbons (Fsp3) is 0.812. The van der Waals surface area contributed by atoms with Crippen molar-refractivity contribution in [1.82, 2.24) is 0 Å². The number of carboxylic acid groups (broad SMARTS) is 1. The van der Waals surface area contributed by atoms with E-state index in [9.17, 15) is 30.3 Å². The molecule has 0 aromatic heterocycles. The molecule has 8 heteroatoms. The maximum absolute atomic E-state index is 11.6. The number of ether oxygens (including phenoxy) is 2. The summed E-state index contributed by atoms with van der Waals surface area (Å²) in [5.41, 5.74) is 0.310. The minimum Gasteiger partial charge on any atom is -0.478 e. The molecule has 5 N–H and O–H groups in total. The predicted octanol–water partition coefficient (Wildman–Crippen LogP) is -0.607. The Hall–Kier alpha value is -1.03. The highest BCUT2D eigenvalue weighted by atomic mass is 16.7. The maximum atomic E-state index is 11.6. The first kappa shape index (κ1) is 19.3. The second-order valence-electron chi connectivity index (χ2n) is 7.11. The Morgan fingerprint density at radius 3 is 2.42 bits per heavy atom. The van der Waals surface area contributed by atoms with Crippen LogP contribution in [0.1, 0.15) is 33.6 Å². The first-order valence-corrected chi connectivity index (χ1v) is 8.00. The Bertz CT molecular complexity index is 512. The van der Waals surface area contributed by atoms with Crippen molar-refractivity contribution in [2.45, 2.75) is 70.4 Å². The van der Waals surface area contributed by atoms with Gasteiger partial charge in [-0.2, -0.15) is 0 Å². The molecule has 0 amide bonds. The van der Waals surface area contributed by atoms with E-state index in [0.29, 0.717) is 18.4 Å². The summed E-state index contributed by atoms with van der Waals surface area (Å²) in [5, 5.41) is 48.3. The van der Waals surface area contributed by atoms with Gasteiger partial charge in [0.25, 0.3) is 0 Å². The SMILES string of the molecule is CC1=C(C(=O)O)C(C)(C)CCC1OC1OC(CO)C(O)C(O)C1O. The van der Waals surface area contributed by atoms with Crippen molar-refractivity contribution in [3.8, 4) is 0 Å². The van der Waals surface area contributed by atoms with Crippen LogP contribution >= 0.6 is 0 Å². The molecule has 2 aliphatic rings. The van der Waals surface area contributed by atoms with E-state index in [1.165, 1.54) is 0 Å². The largest absolute Gasteiger partial charge is 0.478 e. The van der Waals surface area contributed by atoms with Gasteiger partial charge in [-0.15, -0.1) is 0 Å². The van der Waals surface area contributed by atoms with Crippen LogP contribution in [0.5, 0.6) is 0 Å². The number of aliphatic carboxylic acids is 1. The van der Waals surface area contributed by atoms with E-state index in [2.05, 4.69) is 0 Å². The van der Waals surface area contributed by atoms with Crippen molar-refractivity contribution >= 4 is 5.97 Å². The molecule has 6 atom stereocenters. The highest BCUT2D eigenvalue weighted by molar-refractivity contribution is 5.89. The first-order chi connectivity index (χ1) is 11.1. The molecule has 6 unspecified atom stereocenters. The molecule has 24 heavy (non-hydrogen) atoms. The van der Waals surface area contributed by atoms with Crippen LogP contribution in [-0.2, 0) is 14.3 Å². The molecule has 0 radical (unpaired) electrons. The molecule has 2 rings (SSSR count). The van der Waals surface area contributed by atoms with Gasteiger partial charge in [0.05, 0.1) is 12.7 Å². The van der Waals surface area contributed by atoms with Crippen molar-refractivity contribution in [2.75, 3.05) is 6.61 Å². The summed E-state index contributed by atoms with van der Waals surface area (Å²) in [6, 6.07) is 0. The molecular weight excluding hydrogens is 320 g/mol. The van der Waals surface area contributed by atoms with Crippen molar-refractivity contribution < 1.29 is 39.8 Å². The normalized spacial score (nSPS) is 39.8. The minimum absolute atomic E-state index is 0.267. The van der Waals surface area contributed by atoms with Crippen molar-refractivity contribution in [2.24, 2.45) is 5.41 Å². The number of carbonyl (C=O) groups is 1. The molecule has 0 aromatic carbocycles. The Morgan fingerprint density at radius 1 is 1.25 bits per heavy atom. The second kappa shape index (κ2) is 7.07. The van der Waals surface area contributed by atoms with Crippen molar-refractivity contribution in [3.63, 3.8) is 0 Å². The van der Waals surface area contributed by atoms with E-state index >= 15 is 0 Å². The lowest BCUT2D eigenvalue weighted by Gasteiger charge is -2.43. The summed E-state index contributed by atoms with van der Waals surface area (Å²) in [6.45, 7) is 4.82. The summed E-state index contributed by atoms with van der Waals surface area (Å²) in [4.78, 5) is 11.6. The third kappa shape index (κ3) is 3.49. The maximum Gasteiger partial charge on any atom is 0.332 e. The number of carboxylic acids is 1. The van der Waals surface area contributed by atoms with Crippen LogP contribution in [0.4, 0.5) is 0 Å². The van der Waals surface area contributed by atoms with Crippen LogP contribution in [-0.4, -0.2) is 74.9 Å². The van der Waals surface area contributed by atoms with Crippen molar-refractivity contribution in [3.05, 3.63) is 11.1 Å². The van der Waals surface area contributed by atoms with Gasteiger partial charge in [-0.3, -0.25) is 0 Å². The highest BCUT2D eigenvalue weighted by Crippen LogP contribution is 2.42. The van der Waals surface area contributed by atoms with Gasteiger partial charge in [0.2, 0.25) is 0 Å². The Kier molecular flexibility index (Phi) is 5.68. The van der Waals surface area contributed by atoms with Crippen LogP contribution in [0.2, 0.25) is 0 Å². The lowest BCUT2D eigenvalue weighted by Crippen LogP contribution is -2.59. The lowest BCUT2D eigenvalue weighted by atomic mass is 9.71. The lowest BCUT2D eigenvalue weighted by molar-refractivity contribution is -0.309. The quantitative estimate of drug-likeness (QED) is 0.455. The predicted molar refractivity (Wildman–Crippen MR) is 82.0 cm³/mol. The molecule has 0 bridgehead atoms. The fourth-order valence-electron chi connectivity index (χ4n) is 3.50. The zero-order valence-corrected chi connectivity index (χ0v) is 14.0. The number of rotatable bonds is 4. The third-order valence-electron chi connectivity index (χ3n) is 4.95. The zero-order chi connectivity index (χ0) is 18.2. The molecule has 1 heterocycles. The Labute approximate surface area is 140 Å². The van der Waals surface area contributed by atoms with Crippen LogP contribution in [0.3, 0.4) is 0 Å². The van der Waals surface area contributed by atoms with Gasteiger partial charge in [0, 0.05) is 5.57 Å². The van der Waals surface area contributed by atoms with E-state index in [-0.39, 0.29) is 5.57 Å². The van der Waals surface area contributed by atoms with Gasteiger partial charge in [0.15, 0.2) is 6.29 Å². The van der Waals surface area contributed by atoms with Gasteiger partial charge in [-0.05, 0) is 30.8 Å². The molecule has 138 valence electrons. The standard InChI is InChI=1S/C16H26O8/c1-7-8(4-5-16(2,3)10(7)14(21)22)23-15-13(20)12(19)11(18)9(6-17)24-15/h8-9,11-13,15,17-20H,4-6H2,1-3H3,(H,21,22). The van der Waals surface area contributed by atoms with Gasteiger partial charge in [0.1, 0.15) is 24.4 Å². The average Bonchev–Trinajstić information content (AvgIpc) is 2.49. The average molecular weight is 346 g/mol. The summed E-state index contributed by atoms with van der Waals surface area (Å²) < 4.78 is 11.0. The Morgan fingerprint density at radius 2 is 1.88 bits per heavy atom. The molecule has 0 saturated carbocycles. The van der Waals surface area contributed by atoms with Gasteiger partial charge in [-0.25, -0.2) is 4.79 Å². The van der Waals surface area contributed by atoms with Gasteiger partial charge >= 0.3 is 5.97 Å². The Balaban J connectivity index is 2.21. The monoisotopic (exact) mass is 346 g/mol. The van der Waals surface area contributed by atoms with Gasteiger partial charge < -0.3 is 35.0 Å². The van der Waals surface area contributed by atoms with Crippen molar-refractivity contribution in [1.29, 1.82) is 0 Å². The molecule has 0 aromatic rings. The van der Waals surface area contributed by atoms with E-state index in [1.807, 2.05) is 13.8 Å². The molecule has 1 aliphatic heterocycles. The minimum atomic E-state index is -1.52. The third-order valence-corrected chi connectivity index (χ3v) is 4.95. The van der Waals surface area contributed by atoms with E-state index in [1.54, 1.807) is 6.92 Å². The topological polar surface area (TPSA) is 137 Å². The van der Waals surface area contributed by atoms with Crippen LogP contribution < -0.4 is 0 Å². The molecular formula is C16H26O8. The summed E-state index contributed by atoms with van der Waals surface area (Å²) in [6.07, 6.45) is -6.29. The number of hydrogen-bond acceptors (Lipinski definition) is 7. The molecule has 8 nitrogen and oxygen atoms in total. The number of aliphatic hydroxyl groups excluding tert-OH is 4. The van der Waals surface area contributed by atoms with E-state index in [4.69, 9.17) is 9.47 Å². The van der Waals surface area contributed by atoms with E-state index < -0.39 is 54.8 Å². The highest BCUT2D eigenvalue weighted by Gasteiger charge is 2.46. The molecule has 0 spiro atoms. The smallest absolute Gasteiger partial charge is 0.332 e. The number of hydrogen-bond donors (Lipinski definition) is 5. The fourth-order valence-corrected chi connectivity index (χ4v) is 3.50. The summed E-state index contributed by atoms with van der Waals surface area (Å²) >= 11 is 0. The first-order valence-electron chi connectivity index (χ1n) is 8.00. The number of aliphatic hydroxyl groups is 4.